The molecule has 52 heavy (non-hydrogen) atoms. The number of thiophene rings is 1. The minimum Gasteiger partial charge on any atom is -0.504 e. The van der Waals surface area contributed by atoms with E-state index in [4.69, 9.17) is 32.7 Å². The number of amides is 4. The lowest BCUT2D eigenvalue weighted by Gasteiger charge is -2.50. The zero-order valence-corrected chi connectivity index (χ0v) is 30.4. The molecule has 0 unspecified atom stereocenters. The third-order valence-electron chi connectivity index (χ3n) is 11.1. The van der Waals surface area contributed by atoms with Crippen LogP contribution in [0.5, 0.6) is 17.2 Å². The molecule has 2 saturated heterocycles. The van der Waals surface area contributed by atoms with Crippen LogP contribution in [-0.2, 0) is 31.1 Å². The largest absolute Gasteiger partial charge is 0.504 e. The Bertz CT molecular complexity index is 2160. The molecule has 3 aromatic carbocycles. The van der Waals surface area contributed by atoms with E-state index in [2.05, 4.69) is 5.43 Å². The van der Waals surface area contributed by atoms with Crippen LogP contribution in [0.25, 0.3) is 0 Å². The molecule has 3 fully saturated rings. The van der Waals surface area contributed by atoms with E-state index < -0.39 is 46.8 Å². The number of para-hydroxylation sites is 1. The van der Waals surface area contributed by atoms with Crippen molar-refractivity contribution >= 4 is 63.9 Å². The van der Waals surface area contributed by atoms with Gasteiger partial charge in [-0.2, -0.15) is 5.01 Å². The van der Waals surface area contributed by atoms with Crippen molar-refractivity contribution in [2.45, 2.75) is 30.7 Å². The summed E-state index contributed by atoms with van der Waals surface area (Å²) in [5.41, 5.74) is 3.24. The maximum Gasteiger partial charge on any atom is 0.260 e. The molecular formula is C39H33Cl2N3O7S. The number of phenolic OH excluding ortho intramolecular Hbond substituents is 1. The van der Waals surface area contributed by atoms with Crippen LogP contribution in [0, 0.1) is 23.7 Å². The summed E-state index contributed by atoms with van der Waals surface area (Å²) in [7, 11) is 2.97. The minimum absolute atomic E-state index is 0.100. The zero-order valence-electron chi connectivity index (χ0n) is 28.0. The van der Waals surface area contributed by atoms with E-state index >= 15 is 4.79 Å². The summed E-state index contributed by atoms with van der Waals surface area (Å²) < 4.78 is 11.0. The molecule has 2 aliphatic heterocycles. The van der Waals surface area contributed by atoms with Crippen molar-refractivity contribution < 1.29 is 33.8 Å². The van der Waals surface area contributed by atoms with E-state index in [1.807, 2.05) is 23.6 Å². The number of allylic oxidation sites excluding steroid dienone is 2. The molecule has 4 aromatic rings. The molecule has 8 rings (SSSR count). The van der Waals surface area contributed by atoms with Crippen molar-refractivity contribution in [3.05, 3.63) is 116 Å². The molecule has 2 N–H and O–H groups in total. The van der Waals surface area contributed by atoms with Gasteiger partial charge in [0.1, 0.15) is 5.75 Å². The number of fused-ring (bicyclic) bond motifs is 4. The van der Waals surface area contributed by atoms with E-state index in [9.17, 15) is 19.5 Å². The SMILES string of the molecule is COc1ccc([C@@]23C(=O)N(Nc4ccc(Cl)cc4Cl)C(=O)[C@@H]2C[C@@H]2C(=CC[C@@H]4C(=O)N(Cc5cccs5)C(=O)[C@@H]42)[C@@H]3c2cccc(OC)c2O)cc1. The monoisotopic (exact) mass is 757 g/mol. The number of ether oxygens (including phenoxy) is 2. The number of carbonyl (C=O) groups excluding carboxylic acids is 4. The average molecular weight is 759 g/mol. The number of hydrogen-bond acceptors (Lipinski definition) is 9. The maximum atomic E-state index is 15.4. The first-order valence-electron chi connectivity index (χ1n) is 16.8. The highest BCUT2D eigenvalue weighted by Crippen LogP contribution is 2.65. The van der Waals surface area contributed by atoms with Crippen LogP contribution >= 0.6 is 34.5 Å². The van der Waals surface area contributed by atoms with E-state index in [0.717, 1.165) is 9.89 Å². The average Bonchev–Trinajstić information content (AvgIpc) is 3.81. The van der Waals surface area contributed by atoms with Crippen molar-refractivity contribution in [1.29, 1.82) is 0 Å². The van der Waals surface area contributed by atoms with Crippen molar-refractivity contribution in [3.8, 4) is 17.2 Å². The quantitative estimate of drug-likeness (QED) is 0.146. The standard InChI is InChI=1S/C39H33Cl2N3O7S/c1-50-22-11-8-20(9-12-22)39-28(36(47)44(38(39)49)42-30-15-10-21(40)17-29(30)41)18-27-24(33(39)26-6-3-7-31(51-2)34(26)45)13-14-25-32(27)37(48)43(35(25)46)19-23-5-4-16-52-23/h3-13,15-17,25,27-28,32-33,42,45H,14,18-19H2,1-2H3/t25-,27+,28-,32-,33+,39+/m0/s1. The van der Waals surface area contributed by atoms with Gasteiger partial charge in [-0.15, -0.1) is 11.3 Å². The number of nitrogens with one attached hydrogen (secondary N) is 1. The number of likely N-dealkylation sites (tertiary alicyclic amines) is 1. The van der Waals surface area contributed by atoms with Crippen LogP contribution < -0.4 is 14.9 Å². The fourth-order valence-electron chi connectivity index (χ4n) is 8.90. The Balaban J connectivity index is 1.33. The molecule has 1 aromatic heterocycles. The van der Waals surface area contributed by atoms with Gasteiger partial charge in [0.15, 0.2) is 11.5 Å². The molecule has 0 bridgehead atoms. The predicted molar refractivity (Wildman–Crippen MR) is 195 cm³/mol. The molecule has 0 radical (unpaired) electrons. The van der Waals surface area contributed by atoms with Gasteiger partial charge in [0.2, 0.25) is 11.8 Å². The number of hydrazine groups is 1. The molecule has 266 valence electrons. The van der Waals surface area contributed by atoms with Crippen LogP contribution in [0.2, 0.25) is 10.0 Å². The van der Waals surface area contributed by atoms with Gasteiger partial charge in [-0.25, -0.2) is 0 Å². The first-order chi connectivity index (χ1) is 25.1. The second kappa shape index (κ2) is 13.0. The highest BCUT2D eigenvalue weighted by molar-refractivity contribution is 7.09. The molecular weight excluding hydrogens is 725 g/mol. The fraction of sp³-hybridized carbons (Fsp3) is 0.282. The van der Waals surface area contributed by atoms with Gasteiger partial charge in [-0.05, 0) is 72.2 Å². The number of aromatic hydroxyl groups is 1. The third-order valence-corrected chi connectivity index (χ3v) is 12.5. The van der Waals surface area contributed by atoms with Crippen LogP contribution in [0.15, 0.2) is 89.8 Å². The van der Waals surface area contributed by atoms with Crippen LogP contribution in [0.3, 0.4) is 0 Å². The Labute approximate surface area is 313 Å². The minimum atomic E-state index is -1.61. The Hall–Kier alpha value is -4.84. The van der Waals surface area contributed by atoms with E-state index in [1.54, 1.807) is 54.6 Å². The van der Waals surface area contributed by atoms with Gasteiger partial charge >= 0.3 is 0 Å². The maximum absolute atomic E-state index is 15.4. The van der Waals surface area contributed by atoms with Crippen LogP contribution in [0.4, 0.5) is 5.69 Å². The van der Waals surface area contributed by atoms with E-state index in [0.29, 0.717) is 27.5 Å². The topological polar surface area (TPSA) is 125 Å². The summed E-state index contributed by atoms with van der Waals surface area (Å²) in [6, 6.07) is 20.5. The lowest BCUT2D eigenvalue weighted by atomic mass is 9.49. The van der Waals surface area contributed by atoms with Crippen LogP contribution in [-0.4, -0.2) is 52.9 Å². The number of rotatable bonds is 8. The molecule has 4 amide bonds. The number of methoxy groups -OCH3 is 2. The first-order valence-corrected chi connectivity index (χ1v) is 18.4. The van der Waals surface area contributed by atoms with Gasteiger partial charge in [0.05, 0.1) is 54.6 Å². The number of phenols is 1. The van der Waals surface area contributed by atoms with Crippen molar-refractivity contribution in [1.82, 2.24) is 9.91 Å². The number of benzene rings is 3. The smallest absolute Gasteiger partial charge is 0.260 e. The molecule has 3 heterocycles. The summed E-state index contributed by atoms with van der Waals surface area (Å²) in [5, 5.41) is 15.3. The Morgan fingerprint density at radius 2 is 1.71 bits per heavy atom. The summed E-state index contributed by atoms with van der Waals surface area (Å²) in [6.45, 7) is 0.167. The van der Waals surface area contributed by atoms with Crippen molar-refractivity contribution in [3.63, 3.8) is 0 Å². The highest BCUT2D eigenvalue weighted by atomic mass is 35.5. The second-order valence-electron chi connectivity index (χ2n) is 13.5. The number of anilines is 1. The van der Waals surface area contributed by atoms with Gasteiger partial charge < -0.3 is 14.6 Å². The van der Waals surface area contributed by atoms with Gasteiger partial charge in [-0.1, -0.05) is 65.2 Å². The number of hydrogen-bond donors (Lipinski definition) is 2. The molecule has 4 aliphatic rings. The lowest BCUT2D eigenvalue weighted by Crippen LogP contribution is -2.53. The number of imide groups is 2. The van der Waals surface area contributed by atoms with E-state index in [-0.39, 0.29) is 53.4 Å². The van der Waals surface area contributed by atoms with Crippen molar-refractivity contribution in [2.24, 2.45) is 23.7 Å². The number of halogens is 2. The van der Waals surface area contributed by atoms with Gasteiger partial charge in [0, 0.05) is 21.4 Å². The molecule has 10 nitrogen and oxygen atoms in total. The normalized spacial score (nSPS) is 26.5. The Morgan fingerprint density at radius 3 is 2.40 bits per heavy atom. The second-order valence-corrected chi connectivity index (χ2v) is 15.3. The van der Waals surface area contributed by atoms with E-state index in [1.165, 1.54) is 36.5 Å². The highest BCUT2D eigenvalue weighted by Gasteiger charge is 2.70. The molecule has 1 saturated carbocycles. The first kappa shape index (κ1) is 34.3. The summed E-state index contributed by atoms with van der Waals surface area (Å²) >= 11 is 14.2. The zero-order chi connectivity index (χ0) is 36.5. The Morgan fingerprint density at radius 1 is 0.923 bits per heavy atom. The van der Waals surface area contributed by atoms with Gasteiger partial charge in [-0.3, -0.25) is 29.5 Å². The Kier molecular flexibility index (Phi) is 8.55. The number of carbonyl (C=O) groups is 4. The third kappa shape index (κ3) is 5.04. The summed E-state index contributed by atoms with van der Waals surface area (Å²) in [6.07, 6.45) is 2.31. The number of nitrogens with zero attached hydrogens (tertiary/aromatic N) is 2. The molecule has 6 atom stereocenters. The summed E-state index contributed by atoms with van der Waals surface area (Å²) in [4.78, 5) is 60.7. The van der Waals surface area contributed by atoms with Crippen LogP contribution in [0.1, 0.15) is 34.8 Å². The van der Waals surface area contributed by atoms with Crippen molar-refractivity contribution in [2.75, 3.05) is 19.6 Å². The molecule has 2 aliphatic carbocycles. The fourth-order valence-corrected chi connectivity index (χ4v) is 10.0. The van der Waals surface area contributed by atoms with Gasteiger partial charge in [0.25, 0.3) is 11.8 Å². The predicted octanol–water partition coefficient (Wildman–Crippen LogP) is 6.96. The summed E-state index contributed by atoms with van der Waals surface area (Å²) in [5.74, 6) is -5.06. The molecule has 13 heteroatoms. The lowest BCUT2D eigenvalue weighted by molar-refractivity contribution is -0.141. The molecule has 0 spiro atoms.